The van der Waals surface area contributed by atoms with E-state index >= 15 is 0 Å². The van der Waals surface area contributed by atoms with Crippen molar-refractivity contribution >= 4 is 23.0 Å². The first-order valence-corrected chi connectivity index (χ1v) is 8.59. The van der Waals surface area contributed by atoms with E-state index in [1.54, 1.807) is 6.07 Å². The molecule has 1 aliphatic heterocycles. The van der Waals surface area contributed by atoms with E-state index in [2.05, 4.69) is 16.3 Å². The lowest BCUT2D eigenvalue weighted by Crippen LogP contribution is -2.36. The molecule has 2 N–H and O–H groups in total. The molecule has 0 bridgehead atoms. The van der Waals surface area contributed by atoms with Gasteiger partial charge in [-0.15, -0.1) is 0 Å². The molecule has 0 aliphatic carbocycles. The quantitative estimate of drug-likeness (QED) is 0.862. The third kappa shape index (κ3) is 4.04. The lowest BCUT2D eigenvalue weighted by molar-refractivity contribution is 0.145. The molecule has 2 aromatic rings. The van der Waals surface area contributed by atoms with Crippen molar-refractivity contribution < 1.29 is 9.50 Å². The van der Waals surface area contributed by atoms with Gasteiger partial charge >= 0.3 is 0 Å². The Bertz CT molecular complexity index is 784. The number of piperidine rings is 1. The van der Waals surface area contributed by atoms with Gasteiger partial charge in [-0.25, -0.2) is 4.39 Å². The number of nitriles is 1. The van der Waals surface area contributed by atoms with E-state index in [4.69, 9.17) is 11.6 Å². The van der Waals surface area contributed by atoms with Gasteiger partial charge in [-0.3, -0.25) is 0 Å². The highest BCUT2D eigenvalue weighted by Crippen LogP contribution is 2.31. The maximum absolute atomic E-state index is 13.3. The molecule has 1 fully saturated rings. The van der Waals surface area contributed by atoms with Crippen molar-refractivity contribution in [2.45, 2.75) is 25.0 Å². The summed E-state index contributed by atoms with van der Waals surface area (Å²) in [7, 11) is 0. The molecule has 1 atom stereocenters. The van der Waals surface area contributed by atoms with Crippen LogP contribution in [0.2, 0.25) is 5.02 Å². The maximum Gasteiger partial charge on any atom is 0.142 e. The van der Waals surface area contributed by atoms with Crippen LogP contribution in [-0.2, 0) is 0 Å². The van der Waals surface area contributed by atoms with Gasteiger partial charge in [0.1, 0.15) is 11.9 Å². The molecule has 1 unspecified atom stereocenters. The second-order valence-corrected chi connectivity index (χ2v) is 6.52. The van der Waals surface area contributed by atoms with Gasteiger partial charge in [-0.1, -0.05) is 29.8 Å². The largest absolute Gasteiger partial charge is 0.393 e. The van der Waals surface area contributed by atoms with E-state index in [-0.39, 0.29) is 11.1 Å². The molecule has 2 aromatic carbocycles. The fourth-order valence-corrected chi connectivity index (χ4v) is 3.24. The van der Waals surface area contributed by atoms with Crippen LogP contribution in [0.1, 0.15) is 24.4 Å². The van der Waals surface area contributed by atoms with Crippen LogP contribution in [0.5, 0.6) is 0 Å². The van der Waals surface area contributed by atoms with Gasteiger partial charge in [0.2, 0.25) is 0 Å². The Hall–Kier alpha value is -2.29. The van der Waals surface area contributed by atoms with Crippen molar-refractivity contribution in [3.05, 3.63) is 58.9 Å². The number of rotatable bonds is 4. The molecule has 130 valence electrons. The molecule has 0 radical (unpaired) electrons. The highest BCUT2D eigenvalue weighted by atomic mass is 35.5. The summed E-state index contributed by atoms with van der Waals surface area (Å²) in [4.78, 5) is 2.19. The summed E-state index contributed by atoms with van der Waals surface area (Å²) < 4.78 is 13.3. The zero-order chi connectivity index (χ0) is 17.8. The highest BCUT2D eigenvalue weighted by molar-refractivity contribution is 6.31. The molecule has 25 heavy (non-hydrogen) atoms. The standard InChI is InChI=1S/C19H19ClFN3O/c20-16-11-13(5-6-17(16)21)23-18(12-22)15-3-1-2-4-19(15)24-9-7-14(25)8-10-24/h1-6,11,14,18,23,25H,7-10H2. The number of hydrogen-bond donors (Lipinski definition) is 2. The average Bonchev–Trinajstić information content (AvgIpc) is 2.63. The van der Waals surface area contributed by atoms with Crippen LogP contribution in [0.4, 0.5) is 15.8 Å². The molecule has 1 saturated heterocycles. The Morgan fingerprint density at radius 3 is 2.64 bits per heavy atom. The van der Waals surface area contributed by atoms with Crippen molar-refractivity contribution in [1.29, 1.82) is 5.26 Å². The lowest BCUT2D eigenvalue weighted by atomic mass is 10.0. The van der Waals surface area contributed by atoms with Crippen molar-refractivity contribution in [1.82, 2.24) is 0 Å². The summed E-state index contributed by atoms with van der Waals surface area (Å²) in [6, 6.07) is 13.7. The molecule has 4 nitrogen and oxygen atoms in total. The van der Waals surface area contributed by atoms with Crippen LogP contribution in [0.15, 0.2) is 42.5 Å². The van der Waals surface area contributed by atoms with Crippen LogP contribution in [0.3, 0.4) is 0 Å². The topological polar surface area (TPSA) is 59.3 Å². The van der Waals surface area contributed by atoms with Crippen molar-refractivity contribution in [3.8, 4) is 6.07 Å². The molecule has 0 aromatic heterocycles. The van der Waals surface area contributed by atoms with Crippen LogP contribution < -0.4 is 10.2 Å². The Kier molecular flexibility index (Phi) is 5.42. The summed E-state index contributed by atoms with van der Waals surface area (Å²) in [6.07, 6.45) is 1.17. The first kappa shape index (κ1) is 17.5. The first-order chi connectivity index (χ1) is 12.1. The molecule has 0 amide bonds. The zero-order valence-electron chi connectivity index (χ0n) is 13.6. The maximum atomic E-state index is 13.3. The summed E-state index contributed by atoms with van der Waals surface area (Å²) in [6.45, 7) is 1.50. The van der Waals surface area contributed by atoms with Gasteiger partial charge in [0, 0.05) is 30.0 Å². The predicted octanol–water partition coefficient (Wildman–Crippen LogP) is 4.12. The van der Waals surface area contributed by atoms with Gasteiger partial charge in [-0.05, 0) is 37.1 Å². The van der Waals surface area contributed by atoms with Crippen molar-refractivity contribution in [2.75, 3.05) is 23.3 Å². The third-order valence-electron chi connectivity index (χ3n) is 4.41. The van der Waals surface area contributed by atoms with Crippen LogP contribution >= 0.6 is 11.6 Å². The van der Waals surface area contributed by atoms with Crippen LogP contribution in [0, 0.1) is 17.1 Å². The first-order valence-electron chi connectivity index (χ1n) is 8.21. The Balaban J connectivity index is 1.86. The number of nitrogens with one attached hydrogen (secondary N) is 1. The minimum Gasteiger partial charge on any atom is -0.393 e. The number of aliphatic hydroxyl groups is 1. The van der Waals surface area contributed by atoms with E-state index in [1.807, 2.05) is 24.3 Å². The number of aliphatic hydroxyl groups excluding tert-OH is 1. The minimum absolute atomic E-state index is 0.0139. The van der Waals surface area contributed by atoms with Gasteiger partial charge in [0.05, 0.1) is 17.2 Å². The minimum atomic E-state index is -0.593. The highest BCUT2D eigenvalue weighted by Gasteiger charge is 2.22. The molecular formula is C19H19ClFN3O. The van der Waals surface area contributed by atoms with Crippen LogP contribution in [-0.4, -0.2) is 24.3 Å². The van der Waals surface area contributed by atoms with E-state index in [0.717, 1.165) is 24.3 Å². The number of hydrogen-bond acceptors (Lipinski definition) is 4. The van der Waals surface area contributed by atoms with Gasteiger partial charge in [0.15, 0.2) is 0 Å². The van der Waals surface area contributed by atoms with Gasteiger partial charge in [0.25, 0.3) is 0 Å². The SMILES string of the molecule is N#CC(Nc1ccc(F)c(Cl)c1)c1ccccc1N1CCC(O)CC1. The number of benzene rings is 2. The summed E-state index contributed by atoms with van der Waals surface area (Å²) in [5.74, 6) is -0.493. The molecule has 6 heteroatoms. The van der Waals surface area contributed by atoms with Gasteiger partial charge in [-0.2, -0.15) is 5.26 Å². The molecule has 1 aliphatic rings. The summed E-state index contributed by atoms with van der Waals surface area (Å²) in [5, 5.41) is 22.5. The number of anilines is 2. The summed E-state index contributed by atoms with van der Waals surface area (Å²) in [5.41, 5.74) is 2.41. The Morgan fingerprint density at radius 2 is 1.96 bits per heavy atom. The lowest BCUT2D eigenvalue weighted by Gasteiger charge is -2.33. The van der Waals surface area contributed by atoms with Crippen molar-refractivity contribution in [3.63, 3.8) is 0 Å². The fourth-order valence-electron chi connectivity index (χ4n) is 3.06. The molecular weight excluding hydrogens is 341 g/mol. The van der Waals surface area contributed by atoms with Crippen LogP contribution in [0.25, 0.3) is 0 Å². The average molecular weight is 360 g/mol. The smallest absolute Gasteiger partial charge is 0.142 e. The molecule has 3 rings (SSSR count). The fraction of sp³-hybridized carbons (Fsp3) is 0.316. The third-order valence-corrected chi connectivity index (χ3v) is 4.70. The Morgan fingerprint density at radius 1 is 1.24 bits per heavy atom. The second-order valence-electron chi connectivity index (χ2n) is 6.11. The predicted molar refractivity (Wildman–Crippen MR) is 97.3 cm³/mol. The number of nitrogens with zero attached hydrogens (tertiary/aromatic N) is 2. The normalized spacial score (nSPS) is 16.3. The number of halogens is 2. The number of para-hydroxylation sites is 1. The molecule has 1 heterocycles. The van der Waals surface area contributed by atoms with E-state index in [0.29, 0.717) is 18.5 Å². The van der Waals surface area contributed by atoms with E-state index in [1.165, 1.54) is 12.1 Å². The Labute approximate surface area is 151 Å². The van der Waals surface area contributed by atoms with E-state index < -0.39 is 11.9 Å². The van der Waals surface area contributed by atoms with Gasteiger partial charge < -0.3 is 15.3 Å². The molecule has 0 saturated carbocycles. The van der Waals surface area contributed by atoms with Crippen molar-refractivity contribution in [2.24, 2.45) is 0 Å². The summed E-state index contributed by atoms with van der Waals surface area (Å²) >= 11 is 5.82. The zero-order valence-corrected chi connectivity index (χ0v) is 14.4. The van der Waals surface area contributed by atoms with E-state index in [9.17, 15) is 14.8 Å². The monoisotopic (exact) mass is 359 g/mol. The second kappa shape index (κ2) is 7.73. The molecule has 0 spiro atoms.